The van der Waals surface area contributed by atoms with E-state index in [0.29, 0.717) is 6.42 Å². The molecule has 5 heteroatoms. The van der Waals surface area contributed by atoms with Crippen molar-refractivity contribution in [3.05, 3.63) is 35.6 Å². The number of benzene rings is 1. The fraction of sp³-hybridized carbons (Fsp3) is 0.438. The number of amides is 2. The average molecular weight is 288 g/mol. The van der Waals surface area contributed by atoms with Gasteiger partial charge in [-0.1, -0.05) is 26.0 Å². The standard InChI is InChI=1S/C16H17FN2O2/c1-16(2)9-14(20)19(15(21)13(16)10-18)8-7-11-3-5-12(17)6-4-11/h3-6,13H,7-9H2,1-2H3. The first-order valence-electron chi connectivity index (χ1n) is 6.83. The third-order valence-corrected chi connectivity index (χ3v) is 3.87. The smallest absolute Gasteiger partial charge is 0.247 e. The van der Waals surface area contributed by atoms with E-state index in [1.807, 2.05) is 6.07 Å². The summed E-state index contributed by atoms with van der Waals surface area (Å²) in [6.07, 6.45) is 0.636. The van der Waals surface area contributed by atoms with E-state index in [2.05, 4.69) is 0 Å². The molecule has 0 radical (unpaired) electrons. The van der Waals surface area contributed by atoms with Crippen LogP contribution in [0.4, 0.5) is 4.39 Å². The van der Waals surface area contributed by atoms with Gasteiger partial charge in [0.05, 0.1) is 6.07 Å². The summed E-state index contributed by atoms with van der Waals surface area (Å²) < 4.78 is 12.8. The maximum atomic E-state index is 12.8. The molecule has 1 atom stereocenters. The Hall–Kier alpha value is -2.22. The quantitative estimate of drug-likeness (QED) is 0.802. The topological polar surface area (TPSA) is 61.2 Å². The van der Waals surface area contributed by atoms with Crippen LogP contribution in [0.2, 0.25) is 0 Å². The maximum absolute atomic E-state index is 12.8. The summed E-state index contributed by atoms with van der Waals surface area (Å²) in [7, 11) is 0. The molecule has 110 valence electrons. The van der Waals surface area contributed by atoms with Crippen molar-refractivity contribution in [3.8, 4) is 6.07 Å². The highest BCUT2D eigenvalue weighted by atomic mass is 19.1. The summed E-state index contributed by atoms with van der Waals surface area (Å²) in [5.41, 5.74) is 0.213. The van der Waals surface area contributed by atoms with E-state index >= 15 is 0 Å². The lowest BCUT2D eigenvalue weighted by Crippen LogP contribution is -2.52. The fourth-order valence-corrected chi connectivity index (χ4v) is 2.56. The van der Waals surface area contributed by atoms with Crippen molar-refractivity contribution in [2.75, 3.05) is 6.54 Å². The summed E-state index contributed by atoms with van der Waals surface area (Å²) in [5.74, 6) is -1.81. The molecule has 2 amide bonds. The molecule has 0 bridgehead atoms. The number of nitrogens with zero attached hydrogens (tertiary/aromatic N) is 2. The van der Waals surface area contributed by atoms with Gasteiger partial charge in [-0.2, -0.15) is 5.26 Å². The number of likely N-dealkylation sites (tertiary alicyclic amines) is 1. The molecule has 1 aromatic rings. The minimum absolute atomic E-state index is 0.181. The third-order valence-electron chi connectivity index (χ3n) is 3.87. The molecular weight excluding hydrogens is 271 g/mol. The van der Waals surface area contributed by atoms with Gasteiger partial charge in [-0.3, -0.25) is 14.5 Å². The number of hydrogen-bond acceptors (Lipinski definition) is 3. The van der Waals surface area contributed by atoms with Crippen LogP contribution in [0.25, 0.3) is 0 Å². The van der Waals surface area contributed by atoms with Gasteiger partial charge in [0.25, 0.3) is 0 Å². The zero-order valence-electron chi connectivity index (χ0n) is 12.1. The zero-order chi connectivity index (χ0) is 15.6. The fourth-order valence-electron chi connectivity index (χ4n) is 2.56. The molecule has 1 aliphatic rings. The lowest BCUT2D eigenvalue weighted by molar-refractivity contribution is -0.155. The first kappa shape index (κ1) is 15.2. The van der Waals surface area contributed by atoms with Crippen LogP contribution in [0.5, 0.6) is 0 Å². The van der Waals surface area contributed by atoms with Crippen molar-refractivity contribution >= 4 is 11.8 Å². The molecule has 1 heterocycles. The normalized spacial score (nSPS) is 21.2. The molecule has 4 nitrogen and oxygen atoms in total. The Morgan fingerprint density at radius 3 is 2.52 bits per heavy atom. The Labute approximate surface area is 123 Å². The van der Waals surface area contributed by atoms with Crippen molar-refractivity contribution in [1.82, 2.24) is 4.90 Å². The average Bonchev–Trinajstić information content (AvgIpc) is 2.39. The Kier molecular flexibility index (Phi) is 4.08. The first-order chi connectivity index (χ1) is 9.85. The highest BCUT2D eigenvalue weighted by molar-refractivity contribution is 6.00. The van der Waals surface area contributed by atoms with E-state index in [9.17, 15) is 14.0 Å². The van der Waals surface area contributed by atoms with Gasteiger partial charge in [0.1, 0.15) is 11.7 Å². The van der Waals surface area contributed by atoms with Gasteiger partial charge in [0.2, 0.25) is 11.8 Å². The number of imide groups is 1. The highest BCUT2D eigenvalue weighted by Crippen LogP contribution is 2.36. The Bertz CT molecular complexity index is 602. The van der Waals surface area contributed by atoms with E-state index in [-0.39, 0.29) is 24.7 Å². The summed E-state index contributed by atoms with van der Waals surface area (Å²) in [6, 6.07) is 7.94. The summed E-state index contributed by atoms with van der Waals surface area (Å²) in [6.45, 7) is 3.74. The van der Waals surface area contributed by atoms with E-state index < -0.39 is 17.2 Å². The number of hydrogen-bond donors (Lipinski definition) is 0. The lowest BCUT2D eigenvalue weighted by Gasteiger charge is -2.38. The predicted molar refractivity (Wildman–Crippen MR) is 74.3 cm³/mol. The number of piperidine rings is 1. The van der Waals surface area contributed by atoms with Gasteiger partial charge in [-0.05, 0) is 29.5 Å². The lowest BCUT2D eigenvalue weighted by atomic mass is 9.73. The van der Waals surface area contributed by atoms with Crippen LogP contribution in [0.15, 0.2) is 24.3 Å². The Morgan fingerprint density at radius 2 is 1.95 bits per heavy atom. The number of halogens is 1. The van der Waals surface area contributed by atoms with Gasteiger partial charge in [-0.15, -0.1) is 0 Å². The molecule has 1 fully saturated rings. The van der Waals surface area contributed by atoms with Crippen LogP contribution in [-0.2, 0) is 16.0 Å². The van der Waals surface area contributed by atoms with Gasteiger partial charge in [-0.25, -0.2) is 4.39 Å². The number of rotatable bonds is 3. The van der Waals surface area contributed by atoms with Gasteiger partial charge >= 0.3 is 0 Å². The second kappa shape index (κ2) is 5.65. The van der Waals surface area contributed by atoms with Crippen LogP contribution in [-0.4, -0.2) is 23.3 Å². The number of carbonyl (C=O) groups excluding carboxylic acids is 2. The van der Waals surface area contributed by atoms with Crippen LogP contribution >= 0.6 is 0 Å². The summed E-state index contributed by atoms with van der Waals surface area (Å²) in [5, 5.41) is 9.17. The molecule has 2 rings (SSSR count). The minimum atomic E-state index is -0.802. The van der Waals surface area contributed by atoms with Crippen LogP contribution in [0.1, 0.15) is 25.8 Å². The van der Waals surface area contributed by atoms with Crippen molar-refractivity contribution in [2.24, 2.45) is 11.3 Å². The summed E-state index contributed by atoms with van der Waals surface area (Å²) >= 11 is 0. The molecular formula is C16H17FN2O2. The molecule has 0 N–H and O–H groups in total. The molecule has 1 aliphatic heterocycles. The van der Waals surface area contributed by atoms with Crippen molar-refractivity contribution in [1.29, 1.82) is 5.26 Å². The molecule has 0 aromatic heterocycles. The van der Waals surface area contributed by atoms with Crippen molar-refractivity contribution in [3.63, 3.8) is 0 Å². The minimum Gasteiger partial charge on any atom is -0.281 e. The largest absolute Gasteiger partial charge is 0.281 e. The first-order valence-corrected chi connectivity index (χ1v) is 6.83. The zero-order valence-corrected chi connectivity index (χ0v) is 12.1. The number of carbonyl (C=O) groups is 2. The van der Waals surface area contributed by atoms with Crippen molar-refractivity contribution in [2.45, 2.75) is 26.7 Å². The summed E-state index contributed by atoms with van der Waals surface area (Å²) in [4.78, 5) is 25.5. The molecule has 21 heavy (non-hydrogen) atoms. The Morgan fingerprint density at radius 1 is 1.33 bits per heavy atom. The highest BCUT2D eigenvalue weighted by Gasteiger charge is 2.46. The van der Waals surface area contributed by atoms with E-state index in [0.717, 1.165) is 10.5 Å². The predicted octanol–water partition coefficient (Wildman–Crippen LogP) is 2.29. The molecule has 0 spiro atoms. The third kappa shape index (κ3) is 3.10. The van der Waals surface area contributed by atoms with Crippen LogP contribution in [0, 0.1) is 28.5 Å². The van der Waals surface area contributed by atoms with E-state index in [4.69, 9.17) is 5.26 Å². The van der Waals surface area contributed by atoms with Crippen molar-refractivity contribution < 1.29 is 14.0 Å². The van der Waals surface area contributed by atoms with Crippen LogP contribution < -0.4 is 0 Å². The molecule has 0 saturated carbocycles. The van der Waals surface area contributed by atoms with E-state index in [1.165, 1.54) is 12.1 Å². The monoisotopic (exact) mass is 288 g/mol. The molecule has 1 saturated heterocycles. The molecule has 1 aromatic carbocycles. The SMILES string of the molecule is CC1(C)CC(=O)N(CCc2ccc(F)cc2)C(=O)C1C#N. The second-order valence-corrected chi connectivity index (χ2v) is 5.99. The van der Waals surface area contributed by atoms with Gasteiger partial charge < -0.3 is 0 Å². The van der Waals surface area contributed by atoms with Gasteiger partial charge in [0, 0.05) is 13.0 Å². The van der Waals surface area contributed by atoms with E-state index in [1.54, 1.807) is 26.0 Å². The van der Waals surface area contributed by atoms with Gasteiger partial charge in [0.15, 0.2) is 0 Å². The Balaban J connectivity index is 2.09. The number of nitriles is 1. The maximum Gasteiger partial charge on any atom is 0.247 e. The molecule has 1 unspecified atom stereocenters. The van der Waals surface area contributed by atoms with Crippen LogP contribution in [0.3, 0.4) is 0 Å². The molecule has 0 aliphatic carbocycles. The second-order valence-electron chi connectivity index (χ2n) is 5.99.